The Morgan fingerprint density at radius 1 is 1.00 bits per heavy atom. The molecule has 10 nitrogen and oxygen atoms in total. The molecule has 214 valence electrons. The van der Waals surface area contributed by atoms with Crippen LogP contribution in [0.3, 0.4) is 0 Å². The minimum Gasteiger partial charge on any atom is -0.330 e. The minimum atomic E-state index is -0.921. The molecule has 0 bridgehead atoms. The summed E-state index contributed by atoms with van der Waals surface area (Å²) < 4.78 is 0. The highest BCUT2D eigenvalue weighted by Gasteiger charge is 2.35. The van der Waals surface area contributed by atoms with E-state index in [0.29, 0.717) is 42.0 Å². The van der Waals surface area contributed by atoms with Gasteiger partial charge in [0.15, 0.2) is 5.82 Å². The van der Waals surface area contributed by atoms with Gasteiger partial charge in [0, 0.05) is 23.2 Å². The van der Waals surface area contributed by atoms with Gasteiger partial charge in [-0.2, -0.15) is 0 Å². The lowest BCUT2D eigenvalue weighted by molar-refractivity contribution is -0.130. The van der Waals surface area contributed by atoms with E-state index in [1.165, 1.54) is 4.90 Å². The van der Waals surface area contributed by atoms with Gasteiger partial charge in [-0.05, 0) is 103 Å². The van der Waals surface area contributed by atoms with Crippen molar-refractivity contribution in [2.24, 2.45) is 23.3 Å². The zero-order valence-corrected chi connectivity index (χ0v) is 23.9. The monoisotopic (exact) mass is 594 g/mol. The van der Waals surface area contributed by atoms with Crippen LogP contribution in [0.1, 0.15) is 31.2 Å². The van der Waals surface area contributed by atoms with Crippen molar-refractivity contribution in [3.05, 3.63) is 77.6 Å². The lowest BCUT2D eigenvalue weighted by Crippen LogP contribution is -2.50. The Morgan fingerprint density at radius 3 is 2.29 bits per heavy atom. The molecule has 1 atom stereocenters. The number of nitrogens with one attached hydrogen (secondary N) is 1. The maximum atomic E-state index is 13.8. The van der Waals surface area contributed by atoms with E-state index in [0.717, 1.165) is 35.1 Å². The number of anilines is 1. The zero-order valence-electron chi connectivity index (χ0n) is 22.3. The molecule has 2 heterocycles. The van der Waals surface area contributed by atoms with Gasteiger partial charge in [0.25, 0.3) is 5.91 Å². The molecule has 2 amide bonds. The number of rotatable bonds is 8. The van der Waals surface area contributed by atoms with Gasteiger partial charge in [0.1, 0.15) is 5.15 Å². The molecule has 1 aliphatic rings. The molecule has 41 heavy (non-hydrogen) atoms. The highest BCUT2D eigenvalue weighted by atomic mass is 35.5. The second-order valence-electron chi connectivity index (χ2n) is 10.1. The fraction of sp³-hybridized carbons (Fsp3) is 0.310. The first-order valence-electron chi connectivity index (χ1n) is 13.3. The summed E-state index contributed by atoms with van der Waals surface area (Å²) in [4.78, 5) is 33.0. The molecule has 0 spiro atoms. The first kappa shape index (κ1) is 30.3. The van der Waals surface area contributed by atoms with E-state index >= 15 is 0 Å². The predicted octanol–water partition coefficient (Wildman–Crippen LogP) is 4.20. The number of nitrogens with zero attached hydrogens (tertiary/aromatic N) is 5. The Balaban J connectivity index is 0.00000387. The van der Waals surface area contributed by atoms with Crippen LogP contribution in [0.2, 0.25) is 5.15 Å². The number of hydrogen-bond donors (Lipinski definition) is 3. The quantitative estimate of drug-likeness (QED) is 0.256. The molecule has 5 N–H and O–H groups in total. The largest absolute Gasteiger partial charge is 0.330 e. The van der Waals surface area contributed by atoms with Crippen LogP contribution in [0.25, 0.3) is 22.5 Å². The summed E-state index contributed by atoms with van der Waals surface area (Å²) in [6.07, 6.45) is 5.03. The van der Waals surface area contributed by atoms with Crippen LogP contribution in [0, 0.1) is 11.8 Å². The number of hydrogen-bond acceptors (Lipinski definition) is 8. The van der Waals surface area contributed by atoms with E-state index in [4.69, 9.17) is 23.1 Å². The number of H-pyrrole nitrogens is 1. The highest BCUT2D eigenvalue weighted by Crippen LogP contribution is 2.32. The van der Waals surface area contributed by atoms with E-state index in [1.807, 2.05) is 36.4 Å². The molecular weight excluding hydrogens is 563 g/mol. The number of carbonyl (C=O) groups excluding carboxylic acids is 2. The molecule has 0 radical (unpaired) electrons. The minimum absolute atomic E-state index is 0. The van der Waals surface area contributed by atoms with Crippen molar-refractivity contribution in [1.29, 1.82) is 0 Å². The number of tetrazole rings is 1. The highest BCUT2D eigenvalue weighted by molar-refractivity contribution is 6.32. The zero-order chi connectivity index (χ0) is 28.1. The number of nitrogens with two attached hydrogens (primary N) is 2. The van der Waals surface area contributed by atoms with Gasteiger partial charge in [-0.3, -0.25) is 9.59 Å². The van der Waals surface area contributed by atoms with Crippen LogP contribution in [0.5, 0.6) is 0 Å². The fourth-order valence-electron chi connectivity index (χ4n) is 5.17. The number of imide groups is 1. The molecule has 1 fully saturated rings. The molecule has 4 aromatic rings. The Morgan fingerprint density at radius 2 is 1.68 bits per heavy atom. The topological polar surface area (TPSA) is 157 Å². The molecule has 0 saturated heterocycles. The summed E-state index contributed by atoms with van der Waals surface area (Å²) in [6.45, 7) is 0.609. The summed E-state index contributed by atoms with van der Waals surface area (Å²) in [7, 11) is 0. The SMILES string of the molecule is Cl.NC[C@H]1CC[C@H](C(=O)N(C(=O)[C@@H](N)Cc2ccc(-c3cccnc3Cl)cc2)c2ccc(-c3nnn[nH]3)cc2)CC1. The standard InChI is InChI=1S/C29H31ClN8O2.ClH/c30-26-24(2-1-15-33-26)20-7-3-18(4-8-20)16-25(32)29(40)38(28(39)22-9-5-19(17-31)6-10-22)23-13-11-21(12-14-23)27-34-36-37-35-27;/h1-4,7-8,11-15,19,22,25H,5-6,9-10,16-17,31-32H2,(H,34,35,36,37);1H/t19-,22-,25-;/m0./s1. The van der Waals surface area contributed by atoms with Crippen LogP contribution >= 0.6 is 24.0 Å². The van der Waals surface area contributed by atoms with E-state index in [1.54, 1.807) is 30.5 Å². The predicted molar refractivity (Wildman–Crippen MR) is 160 cm³/mol. The molecule has 0 unspecified atom stereocenters. The maximum Gasteiger partial charge on any atom is 0.251 e. The van der Waals surface area contributed by atoms with E-state index < -0.39 is 11.9 Å². The maximum absolute atomic E-state index is 13.8. The van der Waals surface area contributed by atoms with E-state index in [2.05, 4.69) is 25.6 Å². The third-order valence-corrected chi connectivity index (χ3v) is 7.81. The lowest BCUT2D eigenvalue weighted by Gasteiger charge is -2.32. The number of aromatic amines is 1. The lowest BCUT2D eigenvalue weighted by atomic mass is 9.81. The van der Waals surface area contributed by atoms with Crippen molar-refractivity contribution >= 4 is 41.5 Å². The molecular formula is C29H32Cl2N8O2. The smallest absolute Gasteiger partial charge is 0.251 e. The van der Waals surface area contributed by atoms with Crippen molar-refractivity contribution < 1.29 is 9.59 Å². The van der Waals surface area contributed by atoms with Crippen LogP contribution in [0.4, 0.5) is 5.69 Å². The van der Waals surface area contributed by atoms with Crippen LogP contribution in [-0.4, -0.2) is 50.0 Å². The summed E-state index contributed by atoms with van der Waals surface area (Å²) in [6, 6.07) is 17.4. The van der Waals surface area contributed by atoms with Crippen LogP contribution in [-0.2, 0) is 16.0 Å². The molecule has 1 aliphatic carbocycles. The van der Waals surface area contributed by atoms with Gasteiger partial charge in [-0.1, -0.05) is 35.9 Å². The van der Waals surface area contributed by atoms with Crippen LogP contribution in [0.15, 0.2) is 66.9 Å². The molecule has 5 rings (SSSR count). The Bertz CT molecular complexity index is 1440. The molecule has 12 heteroatoms. The number of halogens is 2. The van der Waals surface area contributed by atoms with Crippen molar-refractivity contribution in [1.82, 2.24) is 25.6 Å². The Hall–Kier alpha value is -3.70. The van der Waals surface area contributed by atoms with Gasteiger partial charge < -0.3 is 11.5 Å². The normalized spacial score (nSPS) is 17.3. The van der Waals surface area contributed by atoms with Gasteiger partial charge in [0.05, 0.1) is 11.7 Å². The number of amides is 2. The third-order valence-electron chi connectivity index (χ3n) is 7.51. The summed E-state index contributed by atoms with van der Waals surface area (Å²) in [5.41, 5.74) is 16.1. The van der Waals surface area contributed by atoms with Gasteiger partial charge in [0.2, 0.25) is 5.91 Å². The first-order chi connectivity index (χ1) is 19.4. The Labute approximate surface area is 249 Å². The number of aromatic nitrogens is 5. The molecule has 2 aromatic heterocycles. The average Bonchev–Trinajstić information content (AvgIpc) is 3.53. The fourth-order valence-corrected chi connectivity index (χ4v) is 5.40. The van der Waals surface area contributed by atoms with Gasteiger partial charge >= 0.3 is 0 Å². The van der Waals surface area contributed by atoms with Gasteiger partial charge in [-0.15, -0.1) is 17.5 Å². The second-order valence-corrected chi connectivity index (χ2v) is 10.5. The van der Waals surface area contributed by atoms with Crippen molar-refractivity contribution in [3.8, 4) is 22.5 Å². The second kappa shape index (κ2) is 13.8. The number of benzene rings is 2. The molecule has 1 saturated carbocycles. The van der Waals surface area contributed by atoms with Gasteiger partial charge in [-0.25, -0.2) is 15.0 Å². The van der Waals surface area contributed by atoms with E-state index in [-0.39, 0.29) is 30.7 Å². The summed E-state index contributed by atoms with van der Waals surface area (Å²) in [5, 5.41) is 14.3. The summed E-state index contributed by atoms with van der Waals surface area (Å²) in [5.74, 6) is -0.0371. The average molecular weight is 596 g/mol. The van der Waals surface area contributed by atoms with Crippen molar-refractivity contribution in [2.75, 3.05) is 11.4 Å². The number of pyridine rings is 1. The summed E-state index contributed by atoms with van der Waals surface area (Å²) >= 11 is 6.24. The molecule has 0 aliphatic heterocycles. The number of carbonyl (C=O) groups is 2. The van der Waals surface area contributed by atoms with Crippen molar-refractivity contribution in [2.45, 2.75) is 38.1 Å². The first-order valence-corrected chi connectivity index (χ1v) is 13.7. The molecule has 2 aromatic carbocycles. The van der Waals surface area contributed by atoms with E-state index in [9.17, 15) is 9.59 Å². The Kier molecular flexibility index (Phi) is 10.2. The third kappa shape index (κ3) is 6.97. The van der Waals surface area contributed by atoms with Crippen LogP contribution < -0.4 is 16.4 Å². The van der Waals surface area contributed by atoms with Crippen molar-refractivity contribution in [3.63, 3.8) is 0 Å².